The number of anilines is 1. The first kappa shape index (κ1) is 13.5. The molecule has 1 aromatic carbocycles. The number of nitrogens with one attached hydrogen (secondary N) is 1. The van der Waals surface area contributed by atoms with Crippen LogP contribution in [0.4, 0.5) is 5.69 Å². The number of nitrogens with zero attached hydrogens (tertiary/aromatic N) is 1. The molecule has 0 radical (unpaired) electrons. The lowest BCUT2D eigenvalue weighted by molar-refractivity contribution is 0.597. The van der Waals surface area contributed by atoms with E-state index in [1.165, 1.54) is 11.3 Å². The third-order valence-electron chi connectivity index (χ3n) is 2.85. The first-order valence-corrected chi connectivity index (χ1v) is 6.63. The van der Waals surface area contributed by atoms with Gasteiger partial charge in [0.05, 0.1) is 0 Å². The average Bonchev–Trinajstić information content (AvgIpc) is 2.28. The van der Waals surface area contributed by atoms with Crippen LogP contribution < -0.4 is 10.2 Å². The molecule has 0 bridgehead atoms. The second kappa shape index (κ2) is 6.26. The number of hydrogen-bond donors (Lipinski definition) is 1. The molecular formula is C13H21BrN2. The van der Waals surface area contributed by atoms with Crippen LogP contribution in [0.25, 0.3) is 0 Å². The second-order valence-corrected chi connectivity index (χ2v) is 4.91. The van der Waals surface area contributed by atoms with Crippen molar-refractivity contribution >= 4 is 21.6 Å². The lowest BCUT2D eigenvalue weighted by Crippen LogP contribution is -2.23. The predicted molar refractivity (Wildman–Crippen MR) is 75.2 cm³/mol. The lowest BCUT2D eigenvalue weighted by atomic mass is 10.1. The van der Waals surface area contributed by atoms with E-state index in [1.54, 1.807) is 0 Å². The van der Waals surface area contributed by atoms with Crippen LogP contribution in [0, 0.1) is 0 Å². The Balaban J connectivity index is 3.07. The number of hydrogen-bond acceptors (Lipinski definition) is 2. The minimum Gasteiger partial charge on any atom is -0.375 e. The highest BCUT2D eigenvalue weighted by Crippen LogP contribution is 2.28. The van der Waals surface area contributed by atoms with Crippen molar-refractivity contribution in [2.45, 2.75) is 26.8 Å². The average molecular weight is 285 g/mol. The van der Waals surface area contributed by atoms with Gasteiger partial charge in [0.2, 0.25) is 0 Å². The lowest BCUT2D eigenvalue weighted by Gasteiger charge is -2.24. The molecule has 0 heterocycles. The SMILES string of the molecule is CCNC(C)c1cc(Br)ccc1N(C)CC. The Bertz CT molecular complexity index is 339. The van der Waals surface area contributed by atoms with Crippen molar-refractivity contribution in [3.05, 3.63) is 28.2 Å². The van der Waals surface area contributed by atoms with Crippen LogP contribution in [0.15, 0.2) is 22.7 Å². The molecule has 1 atom stereocenters. The standard InChI is InChI=1S/C13H21BrN2/c1-5-15-10(3)12-9-11(14)7-8-13(12)16(4)6-2/h7-10,15H,5-6H2,1-4H3. The molecule has 90 valence electrons. The van der Waals surface area contributed by atoms with Crippen LogP contribution in [0.2, 0.25) is 0 Å². The molecule has 0 saturated carbocycles. The van der Waals surface area contributed by atoms with Gasteiger partial charge in [-0.15, -0.1) is 0 Å². The van der Waals surface area contributed by atoms with Gasteiger partial charge in [-0.2, -0.15) is 0 Å². The molecule has 0 aliphatic carbocycles. The van der Waals surface area contributed by atoms with Crippen molar-refractivity contribution < 1.29 is 0 Å². The van der Waals surface area contributed by atoms with Gasteiger partial charge in [-0.1, -0.05) is 22.9 Å². The monoisotopic (exact) mass is 284 g/mol. The Morgan fingerprint density at radius 2 is 2.06 bits per heavy atom. The van der Waals surface area contributed by atoms with Gasteiger partial charge in [0.1, 0.15) is 0 Å². The van der Waals surface area contributed by atoms with Crippen LogP contribution >= 0.6 is 15.9 Å². The molecule has 1 aromatic rings. The van der Waals surface area contributed by atoms with E-state index in [1.807, 2.05) is 0 Å². The van der Waals surface area contributed by atoms with Gasteiger partial charge in [0.25, 0.3) is 0 Å². The molecule has 1 rings (SSSR count). The van der Waals surface area contributed by atoms with Crippen molar-refractivity contribution in [1.29, 1.82) is 0 Å². The van der Waals surface area contributed by atoms with Crippen molar-refractivity contribution in [2.24, 2.45) is 0 Å². The van der Waals surface area contributed by atoms with E-state index < -0.39 is 0 Å². The highest BCUT2D eigenvalue weighted by Gasteiger charge is 2.12. The van der Waals surface area contributed by atoms with Crippen LogP contribution in [0.3, 0.4) is 0 Å². The molecular weight excluding hydrogens is 264 g/mol. The molecule has 3 heteroatoms. The zero-order valence-electron chi connectivity index (χ0n) is 10.5. The van der Waals surface area contributed by atoms with E-state index >= 15 is 0 Å². The Labute approximate surface area is 107 Å². The van der Waals surface area contributed by atoms with Gasteiger partial charge in [0, 0.05) is 29.8 Å². The van der Waals surface area contributed by atoms with E-state index in [2.05, 4.69) is 72.2 Å². The van der Waals surface area contributed by atoms with E-state index in [0.29, 0.717) is 6.04 Å². The maximum atomic E-state index is 3.54. The maximum Gasteiger partial charge on any atom is 0.0412 e. The third-order valence-corrected chi connectivity index (χ3v) is 3.35. The molecule has 1 unspecified atom stereocenters. The zero-order valence-corrected chi connectivity index (χ0v) is 12.1. The molecule has 2 nitrogen and oxygen atoms in total. The summed E-state index contributed by atoms with van der Waals surface area (Å²) in [6.07, 6.45) is 0. The highest BCUT2D eigenvalue weighted by atomic mass is 79.9. The van der Waals surface area contributed by atoms with Crippen molar-refractivity contribution in [2.75, 3.05) is 25.0 Å². The van der Waals surface area contributed by atoms with Crippen LogP contribution in [-0.4, -0.2) is 20.1 Å². The number of rotatable bonds is 5. The van der Waals surface area contributed by atoms with Gasteiger partial charge in [0.15, 0.2) is 0 Å². The Morgan fingerprint density at radius 3 is 2.62 bits per heavy atom. The molecule has 0 aliphatic heterocycles. The summed E-state index contributed by atoms with van der Waals surface area (Å²) in [6, 6.07) is 6.86. The fraction of sp³-hybridized carbons (Fsp3) is 0.538. The summed E-state index contributed by atoms with van der Waals surface area (Å²) in [7, 11) is 2.13. The van der Waals surface area contributed by atoms with Gasteiger partial charge in [-0.05, 0) is 44.2 Å². The van der Waals surface area contributed by atoms with Crippen LogP contribution in [0.1, 0.15) is 32.4 Å². The molecule has 0 spiro atoms. The van der Waals surface area contributed by atoms with Crippen molar-refractivity contribution in [3.63, 3.8) is 0 Å². The molecule has 0 amide bonds. The van der Waals surface area contributed by atoms with Crippen molar-refractivity contribution in [1.82, 2.24) is 5.32 Å². The normalized spacial score (nSPS) is 12.6. The maximum absolute atomic E-state index is 3.54. The molecule has 16 heavy (non-hydrogen) atoms. The number of benzene rings is 1. The predicted octanol–water partition coefficient (Wildman–Crippen LogP) is 3.58. The first-order valence-electron chi connectivity index (χ1n) is 5.84. The van der Waals surface area contributed by atoms with Gasteiger partial charge < -0.3 is 10.2 Å². The Morgan fingerprint density at radius 1 is 1.38 bits per heavy atom. The minimum atomic E-state index is 0.381. The van der Waals surface area contributed by atoms with Gasteiger partial charge in [-0.3, -0.25) is 0 Å². The summed E-state index contributed by atoms with van der Waals surface area (Å²) in [5.41, 5.74) is 2.65. The fourth-order valence-corrected chi connectivity index (χ4v) is 2.19. The Kier molecular flexibility index (Phi) is 5.29. The van der Waals surface area contributed by atoms with E-state index in [9.17, 15) is 0 Å². The molecule has 1 N–H and O–H groups in total. The summed E-state index contributed by atoms with van der Waals surface area (Å²) >= 11 is 3.54. The van der Waals surface area contributed by atoms with Crippen LogP contribution in [-0.2, 0) is 0 Å². The molecule has 0 saturated heterocycles. The summed E-state index contributed by atoms with van der Waals surface area (Å²) in [4.78, 5) is 2.27. The molecule has 0 fully saturated rings. The largest absolute Gasteiger partial charge is 0.375 e. The smallest absolute Gasteiger partial charge is 0.0412 e. The summed E-state index contributed by atoms with van der Waals surface area (Å²) in [5.74, 6) is 0. The summed E-state index contributed by atoms with van der Waals surface area (Å²) in [6.45, 7) is 8.52. The van der Waals surface area contributed by atoms with Crippen molar-refractivity contribution in [3.8, 4) is 0 Å². The minimum absolute atomic E-state index is 0.381. The van der Waals surface area contributed by atoms with Gasteiger partial charge in [-0.25, -0.2) is 0 Å². The van der Waals surface area contributed by atoms with E-state index in [4.69, 9.17) is 0 Å². The summed E-state index contributed by atoms with van der Waals surface area (Å²) in [5, 5.41) is 3.46. The van der Waals surface area contributed by atoms with E-state index in [0.717, 1.165) is 17.6 Å². The number of halogens is 1. The molecule has 0 aliphatic rings. The quantitative estimate of drug-likeness (QED) is 0.889. The second-order valence-electron chi connectivity index (χ2n) is 4.00. The topological polar surface area (TPSA) is 15.3 Å². The van der Waals surface area contributed by atoms with Gasteiger partial charge >= 0.3 is 0 Å². The van der Waals surface area contributed by atoms with Crippen LogP contribution in [0.5, 0.6) is 0 Å². The fourth-order valence-electron chi connectivity index (χ4n) is 1.81. The highest BCUT2D eigenvalue weighted by molar-refractivity contribution is 9.10. The van der Waals surface area contributed by atoms with E-state index in [-0.39, 0.29) is 0 Å². The third kappa shape index (κ3) is 3.22. The Hall–Kier alpha value is -0.540. The zero-order chi connectivity index (χ0) is 12.1. The first-order chi connectivity index (χ1) is 7.60. The summed E-state index contributed by atoms with van der Waals surface area (Å²) < 4.78 is 1.14. The molecule has 0 aromatic heterocycles.